The molecule has 1 unspecified atom stereocenters. The molecule has 0 aliphatic carbocycles. The molecule has 0 aliphatic heterocycles. The fourth-order valence-electron chi connectivity index (χ4n) is 2.52. The fraction of sp³-hybridized carbons (Fsp3) is 0.300. The molecule has 1 atom stereocenters. The summed E-state index contributed by atoms with van der Waals surface area (Å²) in [7, 11) is -4.63. The van der Waals surface area contributed by atoms with Crippen molar-refractivity contribution in [3.05, 3.63) is 59.1 Å². The van der Waals surface area contributed by atoms with Crippen LogP contribution in [0.2, 0.25) is 5.02 Å². The van der Waals surface area contributed by atoms with Crippen molar-refractivity contribution < 1.29 is 22.7 Å². The number of halogens is 1. The highest BCUT2D eigenvalue weighted by Crippen LogP contribution is 2.33. The zero-order valence-corrected chi connectivity index (χ0v) is 17.8. The monoisotopic (exact) mass is 436 g/mol. The summed E-state index contributed by atoms with van der Waals surface area (Å²) >= 11 is 5.84. The lowest BCUT2D eigenvalue weighted by atomic mass is 10.1. The van der Waals surface area contributed by atoms with Gasteiger partial charge in [0.2, 0.25) is 9.84 Å². The largest absolute Gasteiger partial charge is 0.463 e. The summed E-state index contributed by atoms with van der Waals surface area (Å²) in [5, 5.41) is 7.99. The van der Waals surface area contributed by atoms with Crippen molar-refractivity contribution in [1.82, 2.24) is 0 Å². The zero-order valence-electron chi connectivity index (χ0n) is 16.3. The van der Waals surface area contributed by atoms with Gasteiger partial charge in [0.15, 0.2) is 5.78 Å². The van der Waals surface area contributed by atoms with Crippen molar-refractivity contribution in [2.24, 2.45) is 10.2 Å². The molecular weight excluding hydrogens is 416 g/mol. The van der Waals surface area contributed by atoms with Crippen molar-refractivity contribution in [2.45, 2.75) is 37.0 Å². The highest BCUT2D eigenvalue weighted by molar-refractivity contribution is 7.94. The number of carbonyl (C=O) groups is 2. The van der Waals surface area contributed by atoms with Gasteiger partial charge in [-0.05, 0) is 50.2 Å². The van der Waals surface area contributed by atoms with E-state index in [0.717, 1.165) is 5.56 Å². The maximum Gasteiger partial charge on any atom is 0.360 e. The highest BCUT2D eigenvalue weighted by Gasteiger charge is 2.59. The SMILES string of the molecule is CCOC(=O)C(N=Nc1ccc(C)cc1)(C(=O)CC)S(=O)(=O)c1ccc(Cl)cc1. The Labute approximate surface area is 174 Å². The number of benzene rings is 2. The van der Waals surface area contributed by atoms with Gasteiger partial charge in [0, 0.05) is 11.4 Å². The summed E-state index contributed by atoms with van der Waals surface area (Å²) < 4.78 is 31.8. The predicted molar refractivity (Wildman–Crippen MR) is 109 cm³/mol. The molecule has 154 valence electrons. The lowest BCUT2D eigenvalue weighted by Gasteiger charge is -2.24. The molecule has 0 N–H and O–H groups in total. The van der Waals surface area contributed by atoms with Crippen LogP contribution in [0.4, 0.5) is 5.69 Å². The number of Topliss-reactive ketones (excluding diaryl/α,β-unsaturated/α-hetero) is 1. The maximum absolute atomic E-state index is 13.4. The number of carbonyl (C=O) groups excluding carboxylic acids is 2. The molecule has 0 aromatic heterocycles. The third-order valence-electron chi connectivity index (χ3n) is 4.10. The summed E-state index contributed by atoms with van der Waals surface area (Å²) in [6.45, 7) is 4.68. The molecule has 0 bridgehead atoms. The second kappa shape index (κ2) is 9.28. The first kappa shape index (κ1) is 22.7. The van der Waals surface area contributed by atoms with Gasteiger partial charge in [-0.25, -0.2) is 13.2 Å². The van der Waals surface area contributed by atoms with E-state index < -0.39 is 26.5 Å². The van der Waals surface area contributed by atoms with Crippen molar-refractivity contribution >= 4 is 38.9 Å². The normalized spacial score (nSPS) is 13.8. The van der Waals surface area contributed by atoms with E-state index in [9.17, 15) is 18.0 Å². The van der Waals surface area contributed by atoms with E-state index in [-0.39, 0.29) is 17.9 Å². The van der Waals surface area contributed by atoms with Crippen LogP contribution in [0.5, 0.6) is 0 Å². The molecule has 2 aromatic rings. The molecular formula is C20H21ClN2O5S. The Kier molecular flexibility index (Phi) is 7.26. The number of sulfone groups is 1. The molecule has 2 aromatic carbocycles. The molecule has 0 fully saturated rings. The van der Waals surface area contributed by atoms with Crippen LogP contribution < -0.4 is 0 Å². The Bertz CT molecular complexity index is 1020. The molecule has 7 nitrogen and oxygen atoms in total. The van der Waals surface area contributed by atoms with Gasteiger partial charge >= 0.3 is 10.8 Å². The van der Waals surface area contributed by atoms with Crippen LogP contribution in [0.3, 0.4) is 0 Å². The van der Waals surface area contributed by atoms with Gasteiger partial charge in [-0.15, -0.1) is 5.11 Å². The topological polar surface area (TPSA) is 102 Å². The van der Waals surface area contributed by atoms with E-state index in [1.165, 1.54) is 38.1 Å². The predicted octanol–water partition coefficient (Wildman–Crippen LogP) is 4.44. The first-order valence-corrected chi connectivity index (χ1v) is 10.8. The zero-order chi connectivity index (χ0) is 21.7. The van der Waals surface area contributed by atoms with Crippen LogP contribution in [0.1, 0.15) is 25.8 Å². The molecule has 0 saturated carbocycles. The summed E-state index contributed by atoms with van der Waals surface area (Å²) in [5.41, 5.74) is 1.25. The Morgan fingerprint density at radius 3 is 2.14 bits per heavy atom. The number of azo groups is 1. The van der Waals surface area contributed by atoms with Gasteiger partial charge in [0.25, 0.3) is 0 Å². The van der Waals surface area contributed by atoms with E-state index in [1.807, 2.05) is 6.92 Å². The van der Waals surface area contributed by atoms with Crippen LogP contribution in [0.25, 0.3) is 0 Å². The van der Waals surface area contributed by atoms with Crippen molar-refractivity contribution in [3.8, 4) is 0 Å². The van der Waals surface area contributed by atoms with Crippen molar-refractivity contribution in [1.29, 1.82) is 0 Å². The smallest absolute Gasteiger partial charge is 0.360 e. The Morgan fingerprint density at radius 1 is 1.03 bits per heavy atom. The molecule has 0 radical (unpaired) electrons. The molecule has 0 spiro atoms. The molecule has 0 amide bonds. The van der Waals surface area contributed by atoms with Gasteiger partial charge in [-0.1, -0.05) is 36.2 Å². The van der Waals surface area contributed by atoms with Gasteiger partial charge in [0.1, 0.15) is 0 Å². The van der Waals surface area contributed by atoms with Crippen LogP contribution >= 0.6 is 11.6 Å². The lowest BCUT2D eigenvalue weighted by Crippen LogP contribution is -2.52. The third kappa shape index (κ3) is 4.54. The van der Waals surface area contributed by atoms with Crippen LogP contribution in [-0.2, 0) is 24.2 Å². The van der Waals surface area contributed by atoms with Gasteiger partial charge in [-0.2, -0.15) is 5.11 Å². The average molecular weight is 437 g/mol. The third-order valence-corrected chi connectivity index (χ3v) is 6.50. The molecule has 9 heteroatoms. The second-order valence-corrected chi connectivity index (χ2v) is 8.64. The molecule has 29 heavy (non-hydrogen) atoms. The minimum absolute atomic E-state index is 0.131. The summed E-state index contributed by atoms with van der Waals surface area (Å²) in [5.74, 6) is -2.24. The fourth-order valence-corrected chi connectivity index (χ4v) is 4.35. The number of esters is 1. The van der Waals surface area contributed by atoms with E-state index in [2.05, 4.69) is 10.2 Å². The molecule has 0 saturated heterocycles. The van der Waals surface area contributed by atoms with Crippen molar-refractivity contribution in [2.75, 3.05) is 6.61 Å². The number of ether oxygens (including phenoxy) is 1. The van der Waals surface area contributed by atoms with Gasteiger partial charge < -0.3 is 4.74 Å². The Morgan fingerprint density at radius 2 is 1.62 bits per heavy atom. The van der Waals surface area contributed by atoms with Crippen LogP contribution in [0.15, 0.2) is 63.7 Å². The minimum atomic E-state index is -4.63. The number of nitrogens with zero attached hydrogens (tertiary/aromatic N) is 2. The van der Waals surface area contributed by atoms with E-state index in [0.29, 0.717) is 10.7 Å². The Hall–Kier alpha value is -2.58. The lowest BCUT2D eigenvalue weighted by molar-refractivity contribution is -0.149. The standard InChI is InChI=1S/C20H21ClN2O5S/c1-4-18(24)20(19(25)28-5-2,23-22-16-10-6-14(3)7-11-16)29(26,27)17-12-8-15(21)9-13-17/h6-13H,4-5H2,1-3H3. The number of rotatable bonds is 8. The van der Waals surface area contributed by atoms with Crippen molar-refractivity contribution in [3.63, 3.8) is 0 Å². The minimum Gasteiger partial charge on any atom is -0.463 e. The molecule has 0 heterocycles. The number of aryl methyl sites for hydroxylation is 1. The second-order valence-electron chi connectivity index (χ2n) is 6.13. The summed E-state index contributed by atoms with van der Waals surface area (Å²) in [6.07, 6.45) is -0.265. The maximum atomic E-state index is 13.4. The molecule has 0 aliphatic rings. The highest BCUT2D eigenvalue weighted by atomic mass is 35.5. The quantitative estimate of drug-likeness (QED) is 0.345. The summed E-state index contributed by atoms with van der Waals surface area (Å²) in [6, 6.07) is 11.8. The first-order chi connectivity index (χ1) is 13.7. The molecule has 2 rings (SSSR count). The average Bonchev–Trinajstić information content (AvgIpc) is 2.69. The number of ketones is 1. The van der Waals surface area contributed by atoms with E-state index in [4.69, 9.17) is 16.3 Å². The first-order valence-electron chi connectivity index (χ1n) is 8.89. The van der Waals surface area contributed by atoms with Gasteiger partial charge in [0.05, 0.1) is 17.2 Å². The Balaban J connectivity index is 2.74. The van der Waals surface area contributed by atoms with E-state index >= 15 is 0 Å². The van der Waals surface area contributed by atoms with E-state index in [1.54, 1.807) is 24.3 Å². The number of hydrogen-bond acceptors (Lipinski definition) is 7. The summed E-state index contributed by atoms with van der Waals surface area (Å²) in [4.78, 5) is 22.5. The van der Waals surface area contributed by atoms with Crippen LogP contribution in [0, 0.1) is 6.92 Å². The van der Waals surface area contributed by atoms with Gasteiger partial charge in [-0.3, -0.25) is 4.79 Å². The van der Waals surface area contributed by atoms with Crippen LogP contribution in [-0.4, -0.2) is 31.6 Å². The number of hydrogen-bond donors (Lipinski definition) is 0.